The molecule has 1 aliphatic rings. The summed E-state index contributed by atoms with van der Waals surface area (Å²) < 4.78 is 0. The summed E-state index contributed by atoms with van der Waals surface area (Å²) in [5.41, 5.74) is 2.57. The van der Waals surface area contributed by atoms with Gasteiger partial charge in [-0.25, -0.2) is 0 Å². The first-order chi connectivity index (χ1) is 12.7. The van der Waals surface area contributed by atoms with Gasteiger partial charge >= 0.3 is 0 Å². The lowest BCUT2D eigenvalue weighted by Gasteiger charge is -2.35. The van der Waals surface area contributed by atoms with E-state index in [9.17, 15) is 4.79 Å². The van der Waals surface area contributed by atoms with Crippen LogP contribution in [-0.4, -0.2) is 55.8 Å². The zero-order valence-corrected chi connectivity index (χ0v) is 16.2. The first-order valence-corrected chi connectivity index (χ1v) is 10.2. The number of hydrogen-bond donors (Lipinski definition) is 1. The number of anilines is 1. The van der Waals surface area contributed by atoms with Gasteiger partial charge in [-0.2, -0.15) is 0 Å². The molecule has 0 aliphatic carbocycles. The molecule has 0 radical (unpaired) electrons. The molecule has 1 N–H and O–H groups in total. The van der Waals surface area contributed by atoms with Crippen molar-refractivity contribution in [2.45, 2.75) is 11.8 Å². The van der Waals surface area contributed by atoms with Crippen molar-refractivity contribution in [3.8, 4) is 0 Å². The van der Waals surface area contributed by atoms with Crippen molar-refractivity contribution in [3.05, 3.63) is 60.2 Å². The van der Waals surface area contributed by atoms with Gasteiger partial charge in [0.05, 0.1) is 6.54 Å². The molecule has 1 heterocycles. The Morgan fingerprint density at radius 3 is 2.54 bits per heavy atom. The van der Waals surface area contributed by atoms with Crippen molar-refractivity contribution < 1.29 is 4.79 Å². The Labute approximate surface area is 160 Å². The molecule has 0 aromatic heterocycles. The Hall–Kier alpha value is -1.98. The van der Waals surface area contributed by atoms with Gasteiger partial charge in [-0.3, -0.25) is 9.69 Å². The normalized spacial score (nSPS) is 15.0. The molecule has 0 bridgehead atoms. The number of rotatable bonds is 7. The molecule has 2 aromatic rings. The van der Waals surface area contributed by atoms with Gasteiger partial charge < -0.3 is 10.2 Å². The Bertz CT molecular complexity index is 699. The van der Waals surface area contributed by atoms with Crippen LogP contribution >= 0.6 is 11.8 Å². The van der Waals surface area contributed by atoms with Gasteiger partial charge in [-0.1, -0.05) is 30.3 Å². The molecule has 1 amide bonds. The van der Waals surface area contributed by atoms with Crippen LogP contribution in [0.4, 0.5) is 5.69 Å². The second kappa shape index (κ2) is 9.64. The van der Waals surface area contributed by atoms with Crippen LogP contribution in [0.3, 0.4) is 0 Å². The number of amides is 1. The fourth-order valence-corrected chi connectivity index (χ4v) is 3.91. The van der Waals surface area contributed by atoms with Gasteiger partial charge in [0.25, 0.3) is 0 Å². The first kappa shape index (κ1) is 18.8. The van der Waals surface area contributed by atoms with Crippen LogP contribution < -0.4 is 10.2 Å². The maximum absolute atomic E-state index is 12.1. The van der Waals surface area contributed by atoms with Crippen molar-refractivity contribution in [1.29, 1.82) is 0 Å². The van der Waals surface area contributed by atoms with Crippen LogP contribution in [0.15, 0.2) is 59.5 Å². The minimum atomic E-state index is 0.127. The second-order valence-electron chi connectivity index (χ2n) is 6.61. The summed E-state index contributed by atoms with van der Waals surface area (Å²) in [5.74, 6) is 1.03. The molecule has 4 nitrogen and oxygen atoms in total. The lowest BCUT2D eigenvalue weighted by atomic mass is 10.2. The summed E-state index contributed by atoms with van der Waals surface area (Å²) in [6, 6.07) is 18.9. The predicted octanol–water partition coefficient (Wildman–Crippen LogP) is 3.03. The number of benzene rings is 2. The number of thioether (sulfide) groups is 1. The lowest BCUT2D eigenvalue weighted by molar-refractivity contribution is -0.122. The summed E-state index contributed by atoms with van der Waals surface area (Å²) in [7, 11) is 0. The summed E-state index contributed by atoms with van der Waals surface area (Å²) in [6.07, 6.45) is 0. The average molecular weight is 370 g/mol. The van der Waals surface area contributed by atoms with Crippen molar-refractivity contribution in [2.75, 3.05) is 49.9 Å². The lowest BCUT2D eigenvalue weighted by Crippen LogP contribution is -2.49. The molecule has 26 heavy (non-hydrogen) atoms. The van der Waals surface area contributed by atoms with E-state index in [0.29, 0.717) is 13.1 Å². The van der Waals surface area contributed by atoms with E-state index in [0.717, 1.165) is 31.9 Å². The van der Waals surface area contributed by atoms with Crippen LogP contribution in [0, 0.1) is 6.92 Å². The van der Waals surface area contributed by atoms with Gasteiger partial charge in [-0.05, 0) is 36.8 Å². The van der Waals surface area contributed by atoms with E-state index in [1.807, 2.05) is 18.2 Å². The highest BCUT2D eigenvalue weighted by Crippen LogP contribution is 2.18. The largest absolute Gasteiger partial charge is 0.369 e. The Morgan fingerprint density at radius 2 is 1.81 bits per heavy atom. The quantitative estimate of drug-likeness (QED) is 0.601. The highest BCUT2D eigenvalue weighted by atomic mass is 32.2. The average Bonchev–Trinajstić information content (AvgIpc) is 2.67. The summed E-state index contributed by atoms with van der Waals surface area (Å²) in [5, 5.41) is 3.04. The predicted molar refractivity (Wildman–Crippen MR) is 110 cm³/mol. The summed E-state index contributed by atoms with van der Waals surface area (Å²) >= 11 is 1.77. The Kier molecular flexibility index (Phi) is 6.97. The van der Waals surface area contributed by atoms with E-state index in [4.69, 9.17) is 0 Å². The molecule has 0 unspecified atom stereocenters. The number of nitrogens with one attached hydrogen (secondary N) is 1. The second-order valence-corrected chi connectivity index (χ2v) is 7.78. The molecule has 5 heteroatoms. The Balaban J connectivity index is 1.33. The molecule has 0 spiro atoms. The maximum atomic E-state index is 12.1. The van der Waals surface area contributed by atoms with E-state index in [1.54, 1.807) is 11.8 Å². The molecular formula is C21H27N3OS. The monoisotopic (exact) mass is 369 g/mol. The highest BCUT2D eigenvalue weighted by molar-refractivity contribution is 7.99. The summed E-state index contributed by atoms with van der Waals surface area (Å²) in [6.45, 7) is 7.14. The Morgan fingerprint density at radius 1 is 1.04 bits per heavy atom. The number of aryl methyl sites for hydroxylation is 1. The van der Waals surface area contributed by atoms with Crippen LogP contribution in [0.1, 0.15) is 5.56 Å². The first-order valence-electron chi connectivity index (χ1n) is 9.19. The van der Waals surface area contributed by atoms with Crippen LogP contribution in [0.5, 0.6) is 0 Å². The standard InChI is InChI=1S/C21H27N3OS/c1-18-6-5-7-19(16-18)24-13-11-23(12-14-24)17-21(25)22-10-15-26-20-8-3-2-4-9-20/h2-9,16H,10-15,17H2,1H3,(H,22,25). The van der Waals surface area contributed by atoms with E-state index in [-0.39, 0.29) is 5.91 Å². The van der Waals surface area contributed by atoms with E-state index >= 15 is 0 Å². The number of nitrogens with zero attached hydrogens (tertiary/aromatic N) is 2. The zero-order chi connectivity index (χ0) is 18.2. The maximum Gasteiger partial charge on any atom is 0.234 e. The van der Waals surface area contributed by atoms with E-state index in [1.165, 1.54) is 16.1 Å². The van der Waals surface area contributed by atoms with Crippen LogP contribution in [0.25, 0.3) is 0 Å². The fourth-order valence-electron chi connectivity index (χ4n) is 3.12. The third-order valence-electron chi connectivity index (χ3n) is 4.54. The number of piperazine rings is 1. The van der Waals surface area contributed by atoms with Crippen LogP contribution in [0.2, 0.25) is 0 Å². The number of carbonyl (C=O) groups excluding carboxylic acids is 1. The number of hydrogen-bond acceptors (Lipinski definition) is 4. The molecule has 1 saturated heterocycles. The molecule has 1 fully saturated rings. The third kappa shape index (κ3) is 5.78. The van der Waals surface area contributed by atoms with Gasteiger partial charge in [0.1, 0.15) is 0 Å². The van der Waals surface area contributed by atoms with E-state index in [2.05, 4.69) is 58.4 Å². The molecule has 0 atom stereocenters. The topological polar surface area (TPSA) is 35.6 Å². The van der Waals surface area contributed by atoms with Gasteiger partial charge in [0, 0.05) is 49.1 Å². The van der Waals surface area contributed by atoms with Gasteiger partial charge in [0.2, 0.25) is 5.91 Å². The number of carbonyl (C=O) groups is 1. The minimum Gasteiger partial charge on any atom is -0.369 e. The molecular weight excluding hydrogens is 342 g/mol. The molecule has 1 aliphatic heterocycles. The summed E-state index contributed by atoms with van der Waals surface area (Å²) in [4.78, 5) is 18.0. The van der Waals surface area contributed by atoms with Gasteiger partial charge in [-0.15, -0.1) is 11.8 Å². The SMILES string of the molecule is Cc1cccc(N2CCN(CC(=O)NCCSc3ccccc3)CC2)c1. The van der Waals surface area contributed by atoms with Crippen LogP contribution in [-0.2, 0) is 4.79 Å². The third-order valence-corrected chi connectivity index (χ3v) is 5.56. The molecule has 0 saturated carbocycles. The van der Waals surface area contributed by atoms with Crippen molar-refractivity contribution in [2.24, 2.45) is 0 Å². The van der Waals surface area contributed by atoms with Crippen molar-refractivity contribution in [3.63, 3.8) is 0 Å². The minimum absolute atomic E-state index is 0.127. The zero-order valence-electron chi connectivity index (χ0n) is 15.4. The molecule has 3 rings (SSSR count). The molecule has 2 aromatic carbocycles. The fraction of sp³-hybridized carbons (Fsp3) is 0.381. The van der Waals surface area contributed by atoms with E-state index < -0.39 is 0 Å². The molecule has 138 valence electrons. The highest BCUT2D eigenvalue weighted by Gasteiger charge is 2.19. The van der Waals surface area contributed by atoms with Gasteiger partial charge in [0.15, 0.2) is 0 Å². The van der Waals surface area contributed by atoms with Crippen molar-refractivity contribution in [1.82, 2.24) is 10.2 Å². The van der Waals surface area contributed by atoms with Crippen molar-refractivity contribution >= 4 is 23.4 Å². The smallest absolute Gasteiger partial charge is 0.234 e.